The fourth-order valence-electron chi connectivity index (χ4n) is 2.40. The van der Waals surface area contributed by atoms with Crippen molar-refractivity contribution in [2.45, 2.75) is 18.7 Å². The van der Waals surface area contributed by atoms with Gasteiger partial charge in [0.2, 0.25) is 0 Å². The van der Waals surface area contributed by atoms with Crippen molar-refractivity contribution in [1.82, 2.24) is 15.2 Å². The Kier molecular flexibility index (Phi) is 5.73. The summed E-state index contributed by atoms with van der Waals surface area (Å²) in [4.78, 5) is 28.4. The second-order valence-electron chi connectivity index (χ2n) is 6.17. The molecule has 1 amide bonds. The highest BCUT2D eigenvalue weighted by Crippen LogP contribution is 2.24. The SMILES string of the molecule is Cc1ccc(-c2nc(C(=O)NNS(=O)(=O)c3ccc(C)c([N+](=O)[O-])c3)cs2)cc1. The summed E-state index contributed by atoms with van der Waals surface area (Å²) in [7, 11) is -4.20. The minimum Gasteiger partial charge on any atom is -0.272 e. The van der Waals surface area contributed by atoms with Gasteiger partial charge in [-0.1, -0.05) is 35.9 Å². The van der Waals surface area contributed by atoms with Gasteiger partial charge in [0.15, 0.2) is 0 Å². The topological polar surface area (TPSA) is 131 Å². The summed E-state index contributed by atoms with van der Waals surface area (Å²) in [5.41, 5.74) is 4.04. The van der Waals surface area contributed by atoms with Gasteiger partial charge in [0.1, 0.15) is 10.7 Å². The average Bonchev–Trinajstić information content (AvgIpc) is 3.17. The first-order chi connectivity index (χ1) is 13.7. The molecule has 0 unspecified atom stereocenters. The van der Waals surface area contributed by atoms with E-state index in [0.29, 0.717) is 10.6 Å². The normalized spacial score (nSPS) is 11.2. The highest BCUT2D eigenvalue weighted by atomic mass is 32.2. The van der Waals surface area contributed by atoms with Gasteiger partial charge in [0, 0.05) is 22.6 Å². The number of carbonyl (C=O) groups is 1. The molecule has 0 fully saturated rings. The van der Waals surface area contributed by atoms with Crippen molar-refractivity contribution in [3.63, 3.8) is 0 Å². The zero-order valence-electron chi connectivity index (χ0n) is 15.4. The van der Waals surface area contributed by atoms with Gasteiger partial charge in [0.05, 0.1) is 9.82 Å². The first kappa shape index (κ1) is 20.6. The van der Waals surface area contributed by atoms with E-state index in [-0.39, 0.29) is 16.3 Å². The Bertz CT molecular complexity index is 1190. The fourth-order valence-corrected chi connectivity index (χ4v) is 4.06. The summed E-state index contributed by atoms with van der Waals surface area (Å²) >= 11 is 1.25. The zero-order valence-corrected chi connectivity index (χ0v) is 17.0. The summed E-state index contributed by atoms with van der Waals surface area (Å²) in [5, 5.41) is 13.1. The van der Waals surface area contributed by atoms with Crippen LogP contribution in [0.2, 0.25) is 0 Å². The molecule has 1 aromatic heterocycles. The maximum atomic E-state index is 12.3. The molecule has 11 heteroatoms. The summed E-state index contributed by atoms with van der Waals surface area (Å²) in [6.07, 6.45) is 0. The standard InChI is InChI=1S/C18H16N4O5S2/c1-11-3-6-13(7-4-11)18-19-15(10-28-18)17(23)20-21-29(26,27)14-8-5-12(2)16(9-14)22(24)25/h3-10,21H,1-2H3,(H,20,23). The molecule has 0 saturated heterocycles. The Balaban J connectivity index is 1.73. The molecule has 0 bridgehead atoms. The predicted molar refractivity (Wildman–Crippen MR) is 108 cm³/mol. The Morgan fingerprint density at radius 3 is 2.48 bits per heavy atom. The number of nitro groups is 1. The fraction of sp³-hybridized carbons (Fsp3) is 0.111. The maximum absolute atomic E-state index is 12.3. The van der Waals surface area contributed by atoms with Crippen LogP contribution in [-0.2, 0) is 10.0 Å². The van der Waals surface area contributed by atoms with Crippen LogP contribution in [0.5, 0.6) is 0 Å². The number of sulfonamides is 1. The Morgan fingerprint density at radius 1 is 1.14 bits per heavy atom. The van der Waals surface area contributed by atoms with Crippen molar-refractivity contribution < 1.29 is 18.1 Å². The Morgan fingerprint density at radius 2 is 1.83 bits per heavy atom. The van der Waals surface area contributed by atoms with E-state index in [1.165, 1.54) is 35.8 Å². The minimum absolute atomic E-state index is 0.0446. The van der Waals surface area contributed by atoms with Crippen LogP contribution < -0.4 is 10.3 Å². The van der Waals surface area contributed by atoms with E-state index in [1.807, 2.05) is 36.0 Å². The van der Waals surface area contributed by atoms with Crippen LogP contribution in [0.15, 0.2) is 52.7 Å². The molecule has 0 aliphatic carbocycles. The second kappa shape index (κ2) is 8.07. The predicted octanol–water partition coefficient (Wildman–Crippen LogP) is 2.96. The maximum Gasteiger partial charge on any atom is 0.285 e. The van der Waals surface area contributed by atoms with E-state index < -0.39 is 20.9 Å². The van der Waals surface area contributed by atoms with Crippen molar-refractivity contribution in [3.8, 4) is 10.6 Å². The third kappa shape index (κ3) is 4.65. The van der Waals surface area contributed by atoms with Crippen molar-refractivity contribution >= 4 is 33.0 Å². The van der Waals surface area contributed by atoms with Crippen LogP contribution in [0.25, 0.3) is 10.6 Å². The number of aryl methyl sites for hydroxylation is 2. The summed E-state index contributed by atoms with van der Waals surface area (Å²) in [6, 6.07) is 11.1. The van der Waals surface area contributed by atoms with Crippen LogP contribution >= 0.6 is 11.3 Å². The number of aromatic nitrogens is 1. The van der Waals surface area contributed by atoms with Crippen LogP contribution in [0.1, 0.15) is 21.6 Å². The first-order valence-corrected chi connectivity index (χ1v) is 10.6. The smallest absolute Gasteiger partial charge is 0.272 e. The number of benzene rings is 2. The van der Waals surface area contributed by atoms with Gasteiger partial charge >= 0.3 is 0 Å². The molecule has 2 N–H and O–H groups in total. The molecule has 1 heterocycles. The number of nitrogens with one attached hydrogen (secondary N) is 2. The molecule has 3 rings (SSSR count). The van der Waals surface area contributed by atoms with Crippen molar-refractivity contribution in [3.05, 3.63) is 74.8 Å². The third-order valence-corrected chi connectivity index (χ3v) is 6.16. The zero-order chi connectivity index (χ0) is 21.2. The Labute approximate surface area is 170 Å². The first-order valence-electron chi connectivity index (χ1n) is 8.27. The molecule has 2 aromatic carbocycles. The lowest BCUT2D eigenvalue weighted by Crippen LogP contribution is -2.41. The minimum atomic E-state index is -4.20. The van der Waals surface area contributed by atoms with E-state index >= 15 is 0 Å². The van der Waals surface area contributed by atoms with Gasteiger partial charge in [-0.15, -0.1) is 16.2 Å². The number of amides is 1. The molecule has 0 saturated carbocycles. The van der Waals surface area contributed by atoms with Gasteiger partial charge in [-0.2, -0.15) is 0 Å². The number of rotatable bonds is 6. The highest BCUT2D eigenvalue weighted by Gasteiger charge is 2.21. The molecule has 9 nitrogen and oxygen atoms in total. The van der Waals surface area contributed by atoms with Gasteiger partial charge in [-0.05, 0) is 19.9 Å². The van der Waals surface area contributed by atoms with Crippen LogP contribution in [0.4, 0.5) is 5.69 Å². The van der Waals surface area contributed by atoms with Gasteiger partial charge in [-0.25, -0.2) is 13.4 Å². The third-order valence-electron chi connectivity index (χ3n) is 4.02. The van der Waals surface area contributed by atoms with E-state index in [4.69, 9.17) is 0 Å². The summed E-state index contributed by atoms with van der Waals surface area (Å²) in [5.74, 6) is -0.746. The van der Waals surface area contributed by atoms with E-state index in [2.05, 4.69) is 10.4 Å². The van der Waals surface area contributed by atoms with E-state index in [9.17, 15) is 23.3 Å². The molecule has 3 aromatic rings. The summed E-state index contributed by atoms with van der Waals surface area (Å²) < 4.78 is 24.7. The largest absolute Gasteiger partial charge is 0.285 e. The van der Waals surface area contributed by atoms with Gasteiger partial charge < -0.3 is 0 Å². The second-order valence-corrected chi connectivity index (χ2v) is 8.71. The molecule has 0 atom stereocenters. The van der Waals surface area contributed by atoms with E-state index in [0.717, 1.165) is 17.2 Å². The van der Waals surface area contributed by atoms with Crippen LogP contribution in [0.3, 0.4) is 0 Å². The number of hydrogen-bond donors (Lipinski definition) is 2. The van der Waals surface area contributed by atoms with Gasteiger partial charge in [-0.3, -0.25) is 20.3 Å². The number of carbonyl (C=O) groups excluding carboxylic acids is 1. The molecule has 29 heavy (non-hydrogen) atoms. The quantitative estimate of drug-likeness (QED) is 0.455. The van der Waals surface area contributed by atoms with Crippen molar-refractivity contribution in [1.29, 1.82) is 0 Å². The van der Waals surface area contributed by atoms with E-state index in [1.54, 1.807) is 0 Å². The molecule has 0 aliphatic heterocycles. The van der Waals surface area contributed by atoms with Gasteiger partial charge in [0.25, 0.3) is 21.6 Å². The lowest BCUT2D eigenvalue weighted by molar-refractivity contribution is -0.385. The van der Waals surface area contributed by atoms with Crippen molar-refractivity contribution in [2.24, 2.45) is 0 Å². The Hall–Kier alpha value is -3.15. The number of hydrogen-bond acceptors (Lipinski definition) is 7. The van der Waals surface area contributed by atoms with Crippen molar-refractivity contribution in [2.75, 3.05) is 0 Å². The number of hydrazine groups is 1. The molecule has 0 spiro atoms. The molecule has 150 valence electrons. The molecular formula is C18H16N4O5S2. The monoisotopic (exact) mass is 432 g/mol. The number of nitrogens with zero attached hydrogens (tertiary/aromatic N) is 2. The molecular weight excluding hydrogens is 416 g/mol. The highest BCUT2D eigenvalue weighted by molar-refractivity contribution is 7.89. The molecule has 0 radical (unpaired) electrons. The average molecular weight is 432 g/mol. The lowest BCUT2D eigenvalue weighted by atomic mass is 10.2. The lowest BCUT2D eigenvalue weighted by Gasteiger charge is -2.08. The number of nitro benzene ring substituents is 1. The van der Waals surface area contributed by atoms with Crippen LogP contribution in [0, 0.1) is 24.0 Å². The molecule has 0 aliphatic rings. The summed E-state index contributed by atoms with van der Waals surface area (Å²) in [6.45, 7) is 3.46. The van der Waals surface area contributed by atoms with Crippen LogP contribution in [-0.4, -0.2) is 24.2 Å². The number of thiazole rings is 1.